The molecule has 0 saturated carbocycles. The van der Waals surface area contributed by atoms with Crippen molar-refractivity contribution in [2.45, 2.75) is 24.8 Å². The van der Waals surface area contributed by atoms with Crippen molar-refractivity contribution < 1.29 is 22.7 Å². The number of aryl methyl sites for hydroxylation is 2. The number of hydrogen-bond donors (Lipinski definition) is 2. The fourth-order valence-electron chi connectivity index (χ4n) is 2.71. The molecule has 1 heterocycles. The minimum atomic E-state index is -3.63. The smallest absolute Gasteiger partial charge is 0.264 e. The molecule has 2 aromatic rings. The summed E-state index contributed by atoms with van der Waals surface area (Å²) in [5, 5.41) is 2.66. The lowest BCUT2D eigenvalue weighted by atomic mass is 10.2. The monoisotopic (exact) mass is 390 g/mol. The van der Waals surface area contributed by atoms with Crippen molar-refractivity contribution in [2.24, 2.45) is 0 Å². The molecule has 0 aliphatic carbocycles. The highest BCUT2D eigenvalue weighted by Gasteiger charge is 2.27. The molecule has 0 bridgehead atoms. The summed E-state index contributed by atoms with van der Waals surface area (Å²) in [7, 11) is -3.63. The van der Waals surface area contributed by atoms with Gasteiger partial charge < -0.3 is 14.8 Å². The summed E-state index contributed by atoms with van der Waals surface area (Å²) >= 11 is 0. The van der Waals surface area contributed by atoms with Gasteiger partial charge in [-0.2, -0.15) is 0 Å². The largest absolute Gasteiger partial charge is 0.485 e. The third kappa shape index (κ3) is 4.58. The van der Waals surface area contributed by atoms with Crippen LogP contribution >= 0.6 is 0 Å². The average molecular weight is 390 g/mol. The Morgan fingerprint density at radius 3 is 2.63 bits per heavy atom. The van der Waals surface area contributed by atoms with E-state index in [4.69, 9.17) is 9.47 Å². The summed E-state index contributed by atoms with van der Waals surface area (Å²) in [6.07, 6.45) is -0.768. The molecular formula is C19H22N2O5S. The quantitative estimate of drug-likeness (QED) is 0.730. The van der Waals surface area contributed by atoms with E-state index < -0.39 is 16.1 Å². The number of ether oxygens (including phenoxy) is 2. The summed E-state index contributed by atoms with van der Waals surface area (Å²) in [6, 6.07) is 12.4. The highest BCUT2D eigenvalue weighted by molar-refractivity contribution is 7.89. The molecule has 2 N–H and O–H groups in total. The van der Waals surface area contributed by atoms with Crippen LogP contribution in [0, 0.1) is 13.8 Å². The summed E-state index contributed by atoms with van der Waals surface area (Å²) in [5.41, 5.74) is 1.53. The number of carbonyl (C=O) groups is 1. The van der Waals surface area contributed by atoms with Gasteiger partial charge in [0.15, 0.2) is 11.5 Å². The number of nitrogens with one attached hydrogen (secondary N) is 2. The maximum Gasteiger partial charge on any atom is 0.264 e. The second kappa shape index (κ2) is 7.98. The number of amides is 1. The Bertz CT molecular complexity index is 943. The molecular weight excluding hydrogens is 368 g/mol. The van der Waals surface area contributed by atoms with Crippen molar-refractivity contribution >= 4 is 15.9 Å². The Balaban J connectivity index is 1.50. The van der Waals surface area contributed by atoms with Gasteiger partial charge >= 0.3 is 0 Å². The first-order chi connectivity index (χ1) is 12.9. The lowest BCUT2D eigenvalue weighted by molar-refractivity contribution is -0.130. The number of sulfonamides is 1. The van der Waals surface area contributed by atoms with Gasteiger partial charge in [0.05, 0.1) is 4.90 Å². The van der Waals surface area contributed by atoms with Crippen molar-refractivity contribution in [2.75, 3.05) is 19.7 Å². The van der Waals surface area contributed by atoms with E-state index >= 15 is 0 Å². The van der Waals surface area contributed by atoms with Gasteiger partial charge in [-0.3, -0.25) is 4.79 Å². The van der Waals surface area contributed by atoms with Gasteiger partial charge in [-0.15, -0.1) is 0 Å². The fraction of sp³-hybridized carbons (Fsp3) is 0.316. The van der Waals surface area contributed by atoms with Gasteiger partial charge in [0.2, 0.25) is 16.1 Å². The molecule has 0 fully saturated rings. The van der Waals surface area contributed by atoms with Crippen LogP contribution in [0.15, 0.2) is 47.4 Å². The maximum absolute atomic E-state index is 12.4. The van der Waals surface area contributed by atoms with E-state index in [1.165, 1.54) is 0 Å². The van der Waals surface area contributed by atoms with E-state index in [9.17, 15) is 13.2 Å². The summed E-state index contributed by atoms with van der Waals surface area (Å²) in [6.45, 7) is 3.91. The maximum atomic E-state index is 12.4. The normalized spacial score (nSPS) is 16.0. The summed E-state index contributed by atoms with van der Waals surface area (Å²) < 4.78 is 38.5. The van der Waals surface area contributed by atoms with Gasteiger partial charge in [0, 0.05) is 13.1 Å². The van der Waals surface area contributed by atoms with E-state index in [-0.39, 0.29) is 30.5 Å². The zero-order chi connectivity index (χ0) is 19.4. The van der Waals surface area contributed by atoms with Crippen molar-refractivity contribution in [1.29, 1.82) is 0 Å². The fourth-order valence-corrected chi connectivity index (χ4v) is 4.07. The summed E-state index contributed by atoms with van der Waals surface area (Å²) in [5.74, 6) is 0.762. The van der Waals surface area contributed by atoms with Crippen molar-refractivity contribution in [1.82, 2.24) is 10.0 Å². The molecule has 1 aliphatic heterocycles. The molecule has 3 rings (SSSR count). The molecule has 8 heteroatoms. The molecule has 0 saturated heterocycles. The number of rotatable bonds is 6. The highest BCUT2D eigenvalue weighted by atomic mass is 32.2. The van der Waals surface area contributed by atoms with Gasteiger partial charge in [-0.25, -0.2) is 13.1 Å². The van der Waals surface area contributed by atoms with E-state index in [2.05, 4.69) is 10.0 Å². The van der Waals surface area contributed by atoms with E-state index in [0.29, 0.717) is 17.1 Å². The lowest BCUT2D eigenvalue weighted by Crippen LogP contribution is -2.46. The number of hydrogen-bond acceptors (Lipinski definition) is 5. The zero-order valence-corrected chi connectivity index (χ0v) is 16.0. The van der Waals surface area contributed by atoms with Gasteiger partial charge in [0.25, 0.3) is 5.91 Å². The van der Waals surface area contributed by atoms with E-state index in [1.54, 1.807) is 37.3 Å². The van der Waals surface area contributed by atoms with E-state index in [0.717, 1.165) is 5.56 Å². The molecule has 27 heavy (non-hydrogen) atoms. The van der Waals surface area contributed by atoms with Crippen LogP contribution in [0.25, 0.3) is 0 Å². The van der Waals surface area contributed by atoms with Crippen LogP contribution in [0.2, 0.25) is 0 Å². The van der Waals surface area contributed by atoms with Crippen LogP contribution in [0.1, 0.15) is 11.1 Å². The van der Waals surface area contributed by atoms with Crippen LogP contribution in [-0.4, -0.2) is 40.1 Å². The number of benzene rings is 2. The average Bonchev–Trinajstić information content (AvgIpc) is 2.66. The van der Waals surface area contributed by atoms with Gasteiger partial charge in [0.1, 0.15) is 6.61 Å². The molecule has 144 valence electrons. The SMILES string of the molecule is Cc1ccc(C)c(S(=O)(=O)NCCNC(=O)C2COc3ccccc3O2)c1. The van der Waals surface area contributed by atoms with Crippen molar-refractivity contribution in [3.05, 3.63) is 53.6 Å². The number of para-hydroxylation sites is 2. The standard InChI is InChI=1S/C19H22N2O5S/c1-13-7-8-14(2)18(11-13)27(23,24)21-10-9-20-19(22)17-12-25-15-5-3-4-6-16(15)26-17/h3-8,11,17,21H,9-10,12H2,1-2H3,(H,20,22). The van der Waals surface area contributed by atoms with Gasteiger partial charge in [-0.05, 0) is 43.2 Å². The van der Waals surface area contributed by atoms with Crippen molar-refractivity contribution in [3.63, 3.8) is 0 Å². The van der Waals surface area contributed by atoms with E-state index in [1.807, 2.05) is 19.1 Å². The molecule has 2 aromatic carbocycles. The van der Waals surface area contributed by atoms with Crippen LogP contribution < -0.4 is 19.5 Å². The molecule has 1 amide bonds. The van der Waals surface area contributed by atoms with Crippen LogP contribution in [0.4, 0.5) is 0 Å². The van der Waals surface area contributed by atoms with Crippen LogP contribution in [0.5, 0.6) is 11.5 Å². The summed E-state index contributed by atoms with van der Waals surface area (Å²) in [4.78, 5) is 12.5. The van der Waals surface area contributed by atoms with Gasteiger partial charge in [-0.1, -0.05) is 24.3 Å². The number of carbonyl (C=O) groups excluding carboxylic acids is 1. The first kappa shape index (κ1) is 19.2. The van der Waals surface area contributed by atoms with Crippen molar-refractivity contribution in [3.8, 4) is 11.5 Å². The Morgan fingerprint density at radius 2 is 1.85 bits per heavy atom. The predicted octanol–water partition coefficient (Wildman–Crippen LogP) is 1.54. The predicted molar refractivity (Wildman–Crippen MR) is 100 cm³/mol. The first-order valence-corrected chi connectivity index (χ1v) is 10.1. The molecule has 7 nitrogen and oxygen atoms in total. The third-order valence-electron chi connectivity index (χ3n) is 4.15. The minimum Gasteiger partial charge on any atom is -0.485 e. The number of fused-ring (bicyclic) bond motifs is 1. The molecule has 0 aromatic heterocycles. The lowest BCUT2D eigenvalue weighted by Gasteiger charge is -2.25. The highest BCUT2D eigenvalue weighted by Crippen LogP contribution is 2.30. The molecule has 1 aliphatic rings. The molecule has 0 radical (unpaired) electrons. The Morgan fingerprint density at radius 1 is 1.11 bits per heavy atom. The Hall–Kier alpha value is -2.58. The van der Waals surface area contributed by atoms with Crippen LogP contribution in [0.3, 0.4) is 0 Å². The molecule has 0 spiro atoms. The minimum absolute atomic E-state index is 0.0750. The second-order valence-electron chi connectivity index (χ2n) is 6.32. The first-order valence-electron chi connectivity index (χ1n) is 8.60. The van der Waals surface area contributed by atoms with Crippen LogP contribution in [-0.2, 0) is 14.8 Å². The Kier molecular flexibility index (Phi) is 5.67. The third-order valence-corrected chi connectivity index (χ3v) is 5.75. The molecule has 1 atom stereocenters. The molecule has 1 unspecified atom stereocenters. The Labute approximate surface area is 158 Å². The second-order valence-corrected chi connectivity index (χ2v) is 8.06. The zero-order valence-electron chi connectivity index (χ0n) is 15.2. The topological polar surface area (TPSA) is 93.7 Å².